The molecule has 0 saturated heterocycles. The molecule has 0 bridgehead atoms. The molecule has 140 valence electrons. The summed E-state index contributed by atoms with van der Waals surface area (Å²) >= 11 is 12.1. The van der Waals surface area contributed by atoms with E-state index >= 15 is 0 Å². The molecule has 7 heteroatoms. The van der Waals surface area contributed by atoms with E-state index < -0.39 is 6.04 Å². The van der Waals surface area contributed by atoms with Gasteiger partial charge in [0, 0.05) is 17.1 Å². The quantitative estimate of drug-likeness (QED) is 0.749. The van der Waals surface area contributed by atoms with E-state index in [1.165, 1.54) is 0 Å². The Kier molecular flexibility index (Phi) is 7.14. The molecule has 1 unspecified atom stereocenters. The van der Waals surface area contributed by atoms with E-state index in [1.807, 2.05) is 37.1 Å². The van der Waals surface area contributed by atoms with Crippen LogP contribution in [0.5, 0.6) is 11.5 Å². The summed E-state index contributed by atoms with van der Waals surface area (Å²) in [5.41, 5.74) is 1.41. The fourth-order valence-corrected chi connectivity index (χ4v) is 2.85. The molecule has 0 saturated carbocycles. The van der Waals surface area contributed by atoms with E-state index in [0.717, 1.165) is 5.56 Å². The molecule has 1 amide bonds. The third-order valence-electron chi connectivity index (χ3n) is 4.13. The van der Waals surface area contributed by atoms with Crippen LogP contribution < -0.4 is 14.8 Å². The summed E-state index contributed by atoms with van der Waals surface area (Å²) in [4.78, 5) is 14.5. The Balaban J connectivity index is 2.11. The lowest BCUT2D eigenvalue weighted by atomic mass is 10.1. The minimum atomic E-state index is -0.402. The largest absolute Gasteiger partial charge is 0.493 e. The fraction of sp³-hybridized carbons (Fsp3) is 0.316. The Morgan fingerprint density at radius 1 is 1.19 bits per heavy atom. The van der Waals surface area contributed by atoms with Gasteiger partial charge in [0.25, 0.3) is 0 Å². The zero-order valence-corrected chi connectivity index (χ0v) is 16.7. The van der Waals surface area contributed by atoms with Crippen LogP contribution >= 0.6 is 23.2 Å². The molecule has 0 spiro atoms. The van der Waals surface area contributed by atoms with Crippen LogP contribution in [0, 0.1) is 0 Å². The van der Waals surface area contributed by atoms with Crippen molar-refractivity contribution in [1.29, 1.82) is 0 Å². The van der Waals surface area contributed by atoms with Crippen LogP contribution in [0.15, 0.2) is 36.4 Å². The number of hydrogen-bond donors (Lipinski definition) is 1. The van der Waals surface area contributed by atoms with E-state index in [9.17, 15) is 4.79 Å². The van der Waals surface area contributed by atoms with Crippen molar-refractivity contribution in [1.82, 2.24) is 4.90 Å². The third kappa shape index (κ3) is 4.81. The van der Waals surface area contributed by atoms with Crippen molar-refractivity contribution in [2.45, 2.75) is 19.5 Å². The molecule has 0 fully saturated rings. The van der Waals surface area contributed by atoms with Crippen LogP contribution in [-0.2, 0) is 11.3 Å². The number of hydrogen-bond acceptors (Lipinski definition) is 4. The molecule has 0 aliphatic rings. The number of amides is 1. The number of carbonyl (C=O) groups excluding carboxylic acids is 1. The number of likely N-dealkylation sites (N-methyl/N-ethyl adjacent to an activating group) is 1. The second-order valence-electron chi connectivity index (χ2n) is 5.86. The van der Waals surface area contributed by atoms with Crippen molar-refractivity contribution >= 4 is 34.8 Å². The SMILES string of the molecule is COc1cccc(CN(C)C(C)C(=O)Nc2cc(Cl)ccc2Cl)c1OC. The van der Waals surface area contributed by atoms with Gasteiger partial charge in [-0.05, 0) is 38.2 Å². The number of anilines is 1. The molecule has 2 rings (SSSR count). The topological polar surface area (TPSA) is 50.8 Å². The third-order valence-corrected chi connectivity index (χ3v) is 4.70. The van der Waals surface area contributed by atoms with Gasteiger partial charge < -0.3 is 14.8 Å². The molecule has 2 aromatic carbocycles. The smallest absolute Gasteiger partial charge is 0.241 e. The number of para-hydroxylation sites is 1. The Morgan fingerprint density at radius 3 is 2.58 bits per heavy atom. The summed E-state index contributed by atoms with van der Waals surface area (Å²) in [6.07, 6.45) is 0. The Labute approximate surface area is 163 Å². The van der Waals surface area contributed by atoms with Crippen molar-refractivity contribution in [3.8, 4) is 11.5 Å². The number of methoxy groups -OCH3 is 2. The first-order chi connectivity index (χ1) is 12.4. The Bertz CT molecular complexity index is 783. The molecule has 1 N–H and O–H groups in total. The molecular weight excluding hydrogens is 375 g/mol. The fourth-order valence-electron chi connectivity index (χ4n) is 2.51. The number of nitrogens with one attached hydrogen (secondary N) is 1. The molecular formula is C19H22Cl2N2O3. The van der Waals surface area contributed by atoms with Gasteiger partial charge >= 0.3 is 0 Å². The maximum absolute atomic E-state index is 12.6. The lowest BCUT2D eigenvalue weighted by Gasteiger charge is -2.25. The number of ether oxygens (including phenoxy) is 2. The summed E-state index contributed by atoms with van der Waals surface area (Å²) in [6.45, 7) is 2.33. The first-order valence-electron chi connectivity index (χ1n) is 8.03. The van der Waals surface area contributed by atoms with Gasteiger partial charge in [-0.3, -0.25) is 9.69 Å². The van der Waals surface area contributed by atoms with E-state index in [4.69, 9.17) is 32.7 Å². The van der Waals surface area contributed by atoms with Crippen LogP contribution in [0.2, 0.25) is 10.0 Å². The maximum atomic E-state index is 12.6. The Morgan fingerprint density at radius 2 is 1.92 bits per heavy atom. The monoisotopic (exact) mass is 396 g/mol. The van der Waals surface area contributed by atoms with Gasteiger partial charge in [-0.1, -0.05) is 35.3 Å². The minimum absolute atomic E-state index is 0.182. The van der Waals surface area contributed by atoms with Crippen LogP contribution in [0.25, 0.3) is 0 Å². The van der Waals surface area contributed by atoms with Crippen molar-refractivity contribution in [3.63, 3.8) is 0 Å². The second kappa shape index (κ2) is 9.12. The number of carbonyl (C=O) groups is 1. The molecule has 0 aromatic heterocycles. The highest BCUT2D eigenvalue weighted by Crippen LogP contribution is 2.31. The zero-order valence-electron chi connectivity index (χ0n) is 15.2. The number of benzene rings is 2. The van der Waals surface area contributed by atoms with Crippen LogP contribution in [-0.4, -0.2) is 38.1 Å². The van der Waals surface area contributed by atoms with E-state index in [0.29, 0.717) is 33.8 Å². The Hall–Kier alpha value is -1.95. The number of halogens is 2. The van der Waals surface area contributed by atoms with Crippen LogP contribution in [0.3, 0.4) is 0 Å². The van der Waals surface area contributed by atoms with Crippen LogP contribution in [0.4, 0.5) is 5.69 Å². The highest BCUT2D eigenvalue weighted by molar-refractivity contribution is 6.35. The second-order valence-corrected chi connectivity index (χ2v) is 6.70. The normalized spacial score (nSPS) is 12.0. The average Bonchev–Trinajstić information content (AvgIpc) is 2.63. The summed E-state index contributed by atoms with van der Waals surface area (Å²) < 4.78 is 10.8. The molecule has 2 aromatic rings. The number of rotatable bonds is 7. The summed E-state index contributed by atoms with van der Waals surface area (Å²) in [7, 11) is 5.05. The van der Waals surface area contributed by atoms with Crippen molar-refractivity contribution in [2.75, 3.05) is 26.6 Å². The predicted molar refractivity (Wildman–Crippen MR) is 106 cm³/mol. The van der Waals surface area contributed by atoms with E-state index in [2.05, 4.69) is 5.32 Å². The van der Waals surface area contributed by atoms with Gasteiger partial charge in [0.15, 0.2) is 11.5 Å². The number of nitrogens with zero attached hydrogens (tertiary/aromatic N) is 1. The highest BCUT2D eigenvalue weighted by atomic mass is 35.5. The van der Waals surface area contributed by atoms with E-state index in [1.54, 1.807) is 32.4 Å². The first kappa shape index (κ1) is 20.4. The molecule has 0 aliphatic heterocycles. The average molecular weight is 397 g/mol. The molecule has 1 atom stereocenters. The van der Waals surface area contributed by atoms with Gasteiger partial charge in [-0.15, -0.1) is 0 Å². The molecule has 0 radical (unpaired) electrons. The minimum Gasteiger partial charge on any atom is -0.493 e. The molecule has 0 aliphatic carbocycles. The summed E-state index contributed by atoms with van der Waals surface area (Å²) in [6, 6.07) is 10.2. The van der Waals surface area contributed by atoms with Crippen molar-refractivity contribution < 1.29 is 14.3 Å². The molecule has 26 heavy (non-hydrogen) atoms. The van der Waals surface area contributed by atoms with Gasteiger partial charge in [-0.2, -0.15) is 0 Å². The maximum Gasteiger partial charge on any atom is 0.241 e. The predicted octanol–water partition coefficient (Wildman–Crippen LogP) is 4.47. The lowest BCUT2D eigenvalue weighted by molar-refractivity contribution is -0.120. The standard InChI is InChI=1S/C19H22Cl2N2O3/c1-12(19(24)22-16-10-14(20)8-9-15(16)21)23(2)11-13-6-5-7-17(25-3)18(13)26-4/h5-10,12H,11H2,1-4H3,(H,22,24). The van der Waals surface area contributed by atoms with Gasteiger partial charge in [0.2, 0.25) is 5.91 Å². The summed E-state index contributed by atoms with van der Waals surface area (Å²) in [5.74, 6) is 1.13. The zero-order chi connectivity index (χ0) is 19.3. The molecule has 5 nitrogen and oxygen atoms in total. The molecule has 0 heterocycles. The van der Waals surface area contributed by atoms with Gasteiger partial charge in [0.1, 0.15) is 0 Å². The first-order valence-corrected chi connectivity index (χ1v) is 8.79. The van der Waals surface area contributed by atoms with Gasteiger partial charge in [-0.25, -0.2) is 0 Å². The highest BCUT2D eigenvalue weighted by Gasteiger charge is 2.21. The van der Waals surface area contributed by atoms with Gasteiger partial charge in [0.05, 0.1) is 31.0 Å². The van der Waals surface area contributed by atoms with Crippen molar-refractivity contribution in [2.24, 2.45) is 0 Å². The summed E-state index contributed by atoms with van der Waals surface area (Å²) in [5, 5.41) is 3.76. The van der Waals surface area contributed by atoms with E-state index in [-0.39, 0.29) is 5.91 Å². The lowest BCUT2D eigenvalue weighted by Crippen LogP contribution is -2.39. The van der Waals surface area contributed by atoms with Crippen molar-refractivity contribution in [3.05, 3.63) is 52.0 Å². The van der Waals surface area contributed by atoms with Crippen LogP contribution in [0.1, 0.15) is 12.5 Å².